The lowest BCUT2D eigenvalue weighted by Gasteiger charge is -2.24. The van der Waals surface area contributed by atoms with E-state index in [0.29, 0.717) is 0 Å². The van der Waals surface area contributed by atoms with Crippen LogP contribution in [0.2, 0.25) is 0 Å². The molecule has 0 heterocycles. The molecule has 1 unspecified atom stereocenters. The predicted molar refractivity (Wildman–Crippen MR) is 73.8 cm³/mol. The van der Waals surface area contributed by atoms with E-state index in [1.165, 1.54) is 22.3 Å². The van der Waals surface area contributed by atoms with Crippen LogP contribution >= 0.6 is 0 Å². The van der Waals surface area contributed by atoms with Gasteiger partial charge in [0.15, 0.2) is 0 Å². The Labute approximate surface area is 109 Å². The molecule has 18 heavy (non-hydrogen) atoms. The maximum Gasteiger partial charge on any atom is 0.304 e. The Bertz CT molecular complexity index is 440. The van der Waals surface area contributed by atoms with E-state index in [9.17, 15) is 4.79 Å². The molecular weight excluding hydrogens is 226 g/mol. The van der Waals surface area contributed by atoms with Gasteiger partial charge in [0.1, 0.15) is 0 Å². The third kappa shape index (κ3) is 3.84. The molecule has 0 aromatic heterocycles. The second-order valence-corrected chi connectivity index (χ2v) is 5.22. The topological polar surface area (TPSA) is 40.5 Å². The summed E-state index contributed by atoms with van der Waals surface area (Å²) in [6.45, 7) is 9.07. The first-order valence-electron chi connectivity index (χ1n) is 6.30. The fourth-order valence-corrected chi connectivity index (χ4v) is 2.02. The number of nitrogens with zero attached hydrogens (tertiary/aromatic N) is 1. The van der Waals surface area contributed by atoms with Crippen LogP contribution in [0.15, 0.2) is 12.1 Å². The highest BCUT2D eigenvalue weighted by Crippen LogP contribution is 2.18. The minimum Gasteiger partial charge on any atom is -0.481 e. The first-order valence-corrected chi connectivity index (χ1v) is 6.30. The summed E-state index contributed by atoms with van der Waals surface area (Å²) in [5.74, 6) is -0.744. The van der Waals surface area contributed by atoms with E-state index in [4.69, 9.17) is 5.11 Å². The number of aryl methyl sites for hydroxylation is 3. The molecule has 0 fully saturated rings. The molecule has 100 valence electrons. The number of carboxylic acids is 1. The zero-order valence-electron chi connectivity index (χ0n) is 11.9. The van der Waals surface area contributed by atoms with E-state index in [2.05, 4.69) is 37.8 Å². The van der Waals surface area contributed by atoms with Crippen LogP contribution in [-0.2, 0) is 11.3 Å². The molecular formula is C15H23NO2. The Hall–Kier alpha value is -1.35. The first-order chi connectivity index (χ1) is 8.31. The van der Waals surface area contributed by atoms with Gasteiger partial charge < -0.3 is 5.11 Å². The van der Waals surface area contributed by atoms with Crippen molar-refractivity contribution in [3.05, 3.63) is 34.4 Å². The first kappa shape index (κ1) is 14.7. The molecule has 0 saturated carbocycles. The summed E-state index contributed by atoms with van der Waals surface area (Å²) in [7, 11) is 1.97. The maximum atomic E-state index is 10.7. The highest BCUT2D eigenvalue weighted by molar-refractivity contribution is 5.67. The molecule has 1 aromatic carbocycles. The van der Waals surface area contributed by atoms with Gasteiger partial charge in [0.05, 0.1) is 6.42 Å². The van der Waals surface area contributed by atoms with Crippen molar-refractivity contribution in [1.82, 2.24) is 4.90 Å². The number of benzene rings is 1. The lowest BCUT2D eigenvalue weighted by Crippen LogP contribution is -2.30. The molecule has 1 aromatic rings. The molecule has 0 aliphatic carbocycles. The van der Waals surface area contributed by atoms with E-state index in [1.54, 1.807) is 0 Å². The number of carboxylic acid groups (broad SMARTS) is 1. The number of hydrogen-bond donors (Lipinski definition) is 1. The fourth-order valence-electron chi connectivity index (χ4n) is 2.02. The standard InChI is InChI=1S/C15H23NO2/c1-10-6-12(3)14(7-11(10)2)9-16(5)13(4)8-15(17)18/h6-7,13H,8-9H2,1-5H3,(H,17,18). The molecule has 0 aliphatic heterocycles. The SMILES string of the molecule is Cc1cc(C)c(CN(C)C(C)CC(=O)O)cc1C. The van der Waals surface area contributed by atoms with Crippen molar-refractivity contribution in [3.63, 3.8) is 0 Å². The van der Waals surface area contributed by atoms with Gasteiger partial charge in [0.25, 0.3) is 0 Å². The molecule has 0 amide bonds. The van der Waals surface area contributed by atoms with Crippen LogP contribution in [0.3, 0.4) is 0 Å². The molecule has 0 bridgehead atoms. The van der Waals surface area contributed by atoms with Crippen LogP contribution in [0, 0.1) is 20.8 Å². The average molecular weight is 249 g/mol. The van der Waals surface area contributed by atoms with E-state index >= 15 is 0 Å². The summed E-state index contributed by atoms with van der Waals surface area (Å²) in [6, 6.07) is 4.44. The zero-order chi connectivity index (χ0) is 13.9. The third-order valence-electron chi connectivity index (χ3n) is 3.59. The molecule has 1 rings (SSSR count). The molecule has 3 heteroatoms. The van der Waals surface area contributed by atoms with Gasteiger partial charge in [-0.2, -0.15) is 0 Å². The van der Waals surface area contributed by atoms with E-state index < -0.39 is 5.97 Å². The maximum absolute atomic E-state index is 10.7. The lowest BCUT2D eigenvalue weighted by atomic mass is 10.00. The van der Waals surface area contributed by atoms with Gasteiger partial charge in [-0.3, -0.25) is 9.69 Å². The molecule has 3 nitrogen and oxygen atoms in total. The molecule has 0 aliphatic rings. The smallest absolute Gasteiger partial charge is 0.304 e. The number of aliphatic carboxylic acids is 1. The zero-order valence-corrected chi connectivity index (χ0v) is 11.9. The monoisotopic (exact) mass is 249 g/mol. The number of carbonyl (C=O) groups is 1. The minimum absolute atomic E-state index is 0.0449. The van der Waals surface area contributed by atoms with Gasteiger partial charge in [0, 0.05) is 12.6 Å². The van der Waals surface area contributed by atoms with E-state index in [-0.39, 0.29) is 12.5 Å². The molecule has 1 atom stereocenters. The van der Waals surface area contributed by atoms with Gasteiger partial charge in [-0.05, 0) is 57.0 Å². The fraction of sp³-hybridized carbons (Fsp3) is 0.533. The van der Waals surface area contributed by atoms with Crippen LogP contribution < -0.4 is 0 Å². The van der Waals surface area contributed by atoms with Gasteiger partial charge in [-0.25, -0.2) is 0 Å². The van der Waals surface area contributed by atoms with Crippen LogP contribution in [0.5, 0.6) is 0 Å². The van der Waals surface area contributed by atoms with Crippen molar-refractivity contribution in [2.45, 2.75) is 46.7 Å². The number of hydrogen-bond acceptors (Lipinski definition) is 2. The predicted octanol–water partition coefficient (Wildman–Crippen LogP) is 2.91. The largest absolute Gasteiger partial charge is 0.481 e. The average Bonchev–Trinajstić information content (AvgIpc) is 2.24. The second-order valence-electron chi connectivity index (χ2n) is 5.22. The van der Waals surface area contributed by atoms with Gasteiger partial charge >= 0.3 is 5.97 Å². The Morgan fingerprint density at radius 1 is 1.22 bits per heavy atom. The lowest BCUT2D eigenvalue weighted by molar-refractivity contribution is -0.138. The summed E-state index contributed by atoms with van der Waals surface area (Å²) >= 11 is 0. The van der Waals surface area contributed by atoms with Crippen LogP contribution in [-0.4, -0.2) is 29.1 Å². The van der Waals surface area contributed by atoms with E-state index in [0.717, 1.165) is 6.54 Å². The van der Waals surface area contributed by atoms with Crippen molar-refractivity contribution in [1.29, 1.82) is 0 Å². The normalized spacial score (nSPS) is 12.8. The van der Waals surface area contributed by atoms with E-state index in [1.807, 2.05) is 14.0 Å². The molecule has 1 N–H and O–H groups in total. The Balaban J connectivity index is 2.78. The molecule has 0 radical (unpaired) electrons. The van der Waals surface area contributed by atoms with Gasteiger partial charge in [0.2, 0.25) is 0 Å². The molecule has 0 saturated heterocycles. The van der Waals surface area contributed by atoms with Crippen LogP contribution in [0.4, 0.5) is 0 Å². The Morgan fingerprint density at radius 2 is 1.78 bits per heavy atom. The van der Waals surface area contributed by atoms with Crippen molar-refractivity contribution < 1.29 is 9.90 Å². The third-order valence-corrected chi connectivity index (χ3v) is 3.59. The second kappa shape index (κ2) is 6.01. The van der Waals surface area contributed by atoms with Crippen molar-refractivity contribution >= 4 is 5.97 Å². The van der Waals surface area contributed by atoms with Crippen molar-refractivity contribution in [2.75, 3.05) is 7.05 Å². The summed E-state index contributed by atoms with van der Waals surface area (Å²) in [6.07, 6.45) is 0.181. The Kier molecular flexibility index (Phi) is 4.91. The summed E-state index contributed by atoms with van der Waals surface area (Å²) in [5, 5.41) is 8.81. The Morgan fingerprint density at radius 3 is 2.33 bits per heavy atom. The van der Waals surface area contributed by atoms with Gasteiger partial charge in [-0.15, -0.1) is 0 Å². The van der Waals surface area contributed by atoms with Crippen LogP contribution in [0.1, 0.15) is 35.6 Å². The highest BCUT2D eigenvalue weighted by atomic mass is 16.4. The summed E-state index contributed by atoms with van der Waals surface area (Å²) in [4.78, 5) is 12.8. The minimum atomic E-state index is -0.744. The molecule has 0 spiro atoms. The quantitative estimate of drug-likeness (QED) is 0.872. The van der Waals surface area contributed by atoms with Crippen LogP contribution in [0.25, 0.3) is 0 Å². The summed E-state index contributed by atoms with van der Waals surface area (Å²) < 4.78 is 0. The van der Waals surface area contributed by atoms with Crippen molar-refractivity contribution in [2.24, 2.45) is 0 Å². The summed E-state index contributed by atoms with van der Waals surface area (Å²) in [5.41, 5.74) is 5.14. The number of rotatable bonds is 5. The van der Waals surface area contributed by atoms with Gasteiger partial charge in [-0.1, -0.05) is 12.1 Å². The highest BCUT2D eigenvalue weighted by Gasteiger charge is 2.14. The van der Waals surface area contributed by atoms with Crippen molar-refractivity contribution in [3.8, 4) is 0 Å².